The van der Waals surface area contributed by atoms with Gasteiger partial charge in [-0.3, -0.25) is 4.79 Å². The summed E-state index contributed by atoms with van der Waals surface area (Å²) in [4.78, 5) is 18.5. The van der Waals surface area contributed by atoms with E-state index in [-0.39, 0.29) is 11.4 Å². The molecule has 0 saturated heterocycles. The number of fused-ring (bicyclic) bond motifs is 1. The maximum absolute atomic E-state index is 11.7. The van der Waals surface area contributed by atoms with Gasteiger partial charge in [0.1, 0.15) is 5.82 Å². The molecule has 0 bridgehead atoms. The van der Waals surface area contributed by atoms with Crippen molar-refractivity contribution in [1.82, 2.24) is 9.97 Å². The second kappa shape index (κ2) is 3.83. The molecule has 1 aromatic carbocycles. The molecule has 0 aliphatic rings. The van der Waals surface area contributed by atoms with Gasteiger partial charge >= 0.3 is 0 Å². The van der Waals surface area contributed by atoms with Crippen molar-refractivity contribution in [2.24, 2.45) is 0 Å². The van der Waals surface area contributed by atoms with Gasteiger partial charge in [0.05, 0.1) is 16.8 Å². The first-order chi connectivity index (χ1) is 7.11. The zero-order chi connectivity index (χ0) is 11.0. The lowest BCUT2D eigenvalue weighted by molar-refractivity contribution is 1.03. The Morgan fingerprint density at radius 3 is 2.87 bits per heavy atom. The van der Waals surface area contributed by atoms with Gasteiger partial charge in [-0.1, -0.05) is 11.6 Å². The molecular weight excluding hydrogens is 235 g/mol. The minimum atomic E-state index is -0.207. The van der Waals surface area contributed by atoms with Crippen LogP contribution in [0.1, 0.15) is 11.4 Å². The van der Waals surface area contributed by atoms with Crippen LogP contribution in [0.25, 0.3) is 10.9 Å². The summed E-state index contributed by atoms with van der Waals surface area (Å²) >= 11 is 11.5. The lowest BCUT2D eigenvalue weighted by atomic mass is 10.1. The number of halogens is 2. The standard InChI is InChI=1S/C10H8Cl2N2O/c1-5-2-6(12)3-7-9(5)13-8(4-11)14-10(7)15/h2-3H,4H2,1H3,(H,13,14,15). The Morgan fingerprint density at radius 2 is 2.20 bits per heavy atom. The van der Waals surface area contributed by atoms with Crippen LogP contribution in [0.3, 0.4) is 0 Å². The molecule has 5 heteroatoms. The molecule has 0 radical (unpaired) electrons. The van der Waals surface area contributed by atoms with Crippen molar-refractivity contribution in [2.45, 2.75) is 12.8 Å². The number of nitrogens with zero attached hydrogens (tertiary/aromatic N) is 1. The summed E-state index contributed by atoms with van der Waals surface area (Å²) in [6, 6.07) is 3.38. The van der Waals surface area contributed by atoms with E-state index in [1.54, 1.807) is 12.1 Å². The highest BCUT2D eigenvalue weighted by Gasteiger charge is 2.06. The van der Waals surface area contributed by atoms with Gasteiger partial charge in [-0.05, 0) is 24.6 Å². The molecule has 78 valence electrons. The number of hydrogen-bond acceptors (Lipinski definition) is 2. The Balaban J connectivity index is 2.91. The third-order valence-corrected chi connectivity index (χ3v) is 2.61. The molecule has 1 aromatic heterocycles. The number of aromatic nitrogens is 2. The summed E-state index contributed by atoms with van der Waals surface area (Å²) in [6.07, 6.45) is 0. The predicted octanol–water partition coefficient (Wildman–Crippen LogP) is 2.62. The first kappa shape index (κ1) is 10.5. The number of aryl methyl sites for hydroxylation is 1. The van der Waals surface area contributed by atoms with Gasteiger partial charge in [-0.25, -0.2) is 4.98 Å². The van der Waals surface area contributed by atoms with Gasteiger partial charge in [0, 0.05) is 5.02 Å². The number of alkyl halides is 1. The van der Waals surface area contributed by atoms with E-state index in [2.05, 4.69) is 9.97 Å². The van der Waals surface area contributed by atoms with Crippen molar-refractivity contribution in [3.05, 3.63) is 38.9 Å². The molecule has 15 heavy (non-hydrogen) atoms. The van der Waals surface area contributed by atoms with E-state index >= 15 is 0 Å². The van der Waals surface area contributed by atoms with Crippen LogP contribution in [0.5, 0.6) is 0 Å². The second-order valence-corrected chi connectivity index (χ2v) is 3.97. The second-order valence-electron chi connectivity index (χ2n) is 3.27. The molecule has 2 aromatic rings. The molecule has 0 atom stereocenters. The fraction of sp³-hybridized carbons (Fsp3) is 0.200. The van der Waals surface area contributed by atoms with E-state index in [0.717, 1.165) is 5.56 Å². The monoisotopic (exact) mass is 242 g/mol. The lowest BCUT2D eigenvalue weighted by Crippen LogP contribution is -2.11. The highest BCUT2D eigenvalue weighted by atomic mass is 35.5. The van der Waals surface area contributed by atoms with Crippen molar-refractivity contribution < 1.29 is 0 Å². The van der Waals surface area contributed by atoms with E-state index in [9.17, 15) is 4.79 Å². The zero-order valence-corrected chi connectivity index (χ0v) is 9.49. The van der Waals surface area contributed by atoms with Crippen molar-refractivity contribution in [3.63, 3.8) is 0 Å². The van der Waals surface area contributed by atoms with E-state index in [4.69, 9.17) is 23.2 Å². The summed E-state index contributed by atoms with van der Waals surface area (Å²) in [5.74, 6) is 0.660. The molecule has 3 nitrogen and oxygen atoms in total. The van der Waals surface area contributed by atoms with Gasteiger partial charge in [0.25, 0.3) is 5.56 Å². The predicted molar refractivity (Wildman–Crippen MR) is 61.7 cm³/mol. The molecule has 1 heterocycles. The third kappa shape index (κ3) is 1.85. The van der Waals surface area contributed by atoms with E-state index in [1.165, 1.54) is 0 Å². The van der Waals surface area contributed by atoms with Gasteiger partial charge in [-0.15, -0.1) is 11.6 Å². The SMILES string of the molecule is Cc1cc(Cl)cc2c(=O)[nH]c(CCl)nc12. The smallest absolute Gasteiger partial charge is 0.258 e. The molecule has 0 unspecified atom stereocenters. The molecule has 0 saturated carbocycles. The first-order valence-electron chi connectivity index (χ1n) is 4.37. The van der Waals surface area contributed by atoms with Gasteiger partial charge in [-0.2, -0.15) is 0 Å². The van der Waals surface area contributed by atoms with Gasteiger partial charge < -0.3 is 4.98 Å². The van der Waals surface area contributed by atoms with Gasteiger partial charge in [0.2, 0.25) is 0 Å². The van der Waals surface area contributed by atoms with Crippen LogP contribution in [0.15, 0.2) is 16.9 Å². The fourth-order valence-electron chi connectivity index (χ4n) is 1.48. The van der Waals surface area contributed by atoms with Crippen LogP contribution in [0, 0.1) is 6.92 Å². The van der Waals surface area contributed by atoms with Crippen molar-refractivity contribution >= 4 is 34.1 Å². The number of rotatable bonds is 1. The molecule has 0 aliphatic heterocycles. The summed E-state index contributed by atoms with van der Waals surface area (Å²) in [5, 5.41) is 1.03. The zero-order valence-electron chi connectivity index (χ0n) is 7.97. The number of hydrogen-bond donors (Lipinski definition) is 1. The maximum Gasteiger partial charge on any atom is 0.258 e. The average Bonchev–Trinajstić information content (AvgIpc) is 2.19. The number of benzene rings is 1. The highest BCUT2D eigenvalue weighted by Crippen LogP contribution is 2.19. The Morgan fingerprint density at radius 1 is 1.47 bits per heavy atom. The van der Waals surface area contributed by atoms with Gasteiger partial charge in [0.15, 0.2) is 0 Å². The average molecular weight is 243 g/mol. The number of aromatic amines is 1. The molecule has 1 N–H and O–H groups in total. The van der Waals surface area contributed by atoms with E-state index < -0.39 is 0 Å². The van der Waals surface area contributed by atoms with Crippen LogP contribution < -0.4 is 5.56 Å². The minimum absolute atomic E-state index is 0.188. The Kier molecular flexibility index (Phi) is 2.67. The summed E-state index contributed by atoms with van der Waals surface area (Å²) in [7, 11) is 0. The minimum Gasteiger partial charge on any atom is -0.309 e. The Hall–Kier alpha value is -1.06. The highest BCUT2D eigenvalue weighted by molar-refractivity contribution is 6.31. The molecule has 0 fully saturated rings. The molecule has 0 spiro atoms. The van der Waals surface area contributed by atoms with E-state index in [0.29, 0.717) is 21.7 Å². The summed E-state index contributed by atoms with van der Waals surface area (Å²) < 4.78 is 0. The first-order valence-corrected chi connectivity index (χ1v) is 5.28. The molecule has 2 rings (SSSR count). The maximum atomic E-state index is 11.7. The summed E-state index contributed by atoms with van der Waals surface area (Å²) in [5.41, 5.74) is 1.31. The van der Waals surface area contributed by atoms with Crippen LogP contribution in [-0.4, -0.2) is 9.97 Å². The Bertz CT molecular complexity index is 577. The Labute approximate surface area is 96.1 Å². The summed E-state index contributed by atoms with van der Waals surface area (Å²) in [6.45, 7) is 1.86. The van der Waals surface area contributed by atoms with Crippen molar-refractivity contribution in [3.8, 4) is 0 Å². The van der Waals surface area contributed by atoms with Crippen LogP contribution in [0.2, 0.25) is 5.02 Å². The largest absolute Gasteiger partial charge is 0.309 e. The molecule has 0 amide bonds. The lowest BCUT2D eigenvalue weighted by Gasteiger charge is -2.03. The quantitative estimate of drug-likeness (QED) is 0.782. The van der Waals surface area contributed by atoms with Crippen LogP contribution in [-0.2, 0) is 5.88 Å². The van der Waals surface area contributed by atoms with Crippen molar-refractivity contribution in [2.75, 3.05) is 0 Å². The van der Waals surface area contributed by atoms with Crippen molar-refractivity contribution in [1.29, 1.82) is 0 Å². The molecular formula is C10H8Cl2N2O. The number of H-pyrrole nitrogens is 1. The molecule has 0 aliphatic carbocycles. The van der Waals surface area contributed by atoms with E-state index in [1.807, 2.05) is 6.92 Å². The number of nitrogens with one attached hydrogen (secondary N) is 1. The van der Waals surface area contributed by atoms with Crippen LogP contribution in [0.4, 0.5) is 0 Å². The fourth-order valence-corrected chi connectivity index (χ4v) is 1.88. The normalized spacial score (nSPS) is 10.9. The topological polar surface area (TPSA) is 45.8 Å². The van der Waals surface area contributed by atoms with Crippen LogP contribution >= 0.6 is 23.2 Å². The third-order valence-electron chi connectivity index (χ3n) is 2.14.